The van der Waals surface area contributed by atoms with Crippen LogP contribution in [0.25, 0.3) is 0 Å². The second kappa shape index (κ2) is 5.68. The van der Waals surface area contributed by atoms with E-state index in [4.69, 9.17) is 13.7 Å². The monoisotopic (exact) mass is 314 g/mol. The molecule has 1 aromatic carbocycles. The van der Waals surface area contributed by atoms with Crippen molar-refractivity contribution in [2.75, 3.05) is 19.8 Å². The Labute approximate surface area is 126 Å². The SMILES string of the molecule is Cc1ccc(S(=O)(=O)OCC2(C)COC(C)(C)OC2)cc1. The maximum absolute atomic E-state index is 12.2. The highest BCUT2D eigenvalue weighted by atomic mass is 32.2. The minimum Gasteiger partial charge on any atom is -0.350 e. The van der Waals surface area contributed by atoms with Crippen LogP contribution in [-0.4, -0.2) is 34.0 Å². The molecule has 0 atom stereocenters. The van der Waals surface area contributed by atoms with Gasteiger partial charge >= 0.3 is 0 Å². The molecule has 21 heavy (non-hydrogen) atoms. The van der Waals surface area contributed by atoms with Gasteiger partial charge in [0.2, 0.25) is 0 Å². The van der Waals surface area contributed by atoms with Crippen molar-refractivity contribution in [2.45, 2.75) is 38.4 Å². The summed E-state index contributed by atoms with van der Waals surface area (Å²) >= 11 is 0. The third-order valence-electron chi connectivity index (χ3n) is 3.41. The van der Waals surface area contributed by atoms with Crippen molar-refractivity contribution < 1.29 is 22.1 Å². The molecule has 5 nitrogen and oxygen atoms in total. The van der Waals surface area contributed by atoms with E-state index in [-0.39, 0.29) is 11.5 Å². The lowest BCUT2D eigenvalue weighted by atomic mass is 9.93. The number of rotatable bonds is 4. The Bertz CT molecular complexity index is 579. The molecule has 1 heterocycles. The fourth-order valence-electron chi connectivity index (χ4n) is 1.86. The van der Waals surface area contributed by atoms with Crippen molar-refractivity contribution in [3.05, 3.63) is 29.8 Å². The summed E-state index contributed by atoms with van der Waals surface area (Å²) < 4.78 is 40.6. The average Bonchev–Trinajstić information content (AvgIpc) is 2.42. The zero-order valence-electron chi connectivity index (χ0n) is 12.9. The van der Waals surface area contributed by atoms with Gasteiger partial charge in [0.05, 0.1) is 24.7 Å². The Morgan fingerprint density at radius 2 is 1.62 bits per heavy atom. The first-order chi connectivity index (χ1) is 9.62. The van der Waals surface area contributed by atoms with E-state index in [1.54, 1.807) is 24.3 Å². The van der Waals surface area contributed by atoms with Crippen LogP contribution in [-0.2, 0) is 23.8 Å². The van der Waals surface area contributed by atoms with Crippen LogP contribution in [0.1, 0.15) is 26.3 Å². The van der Waals surface area contributed by atoms with E-state index in [0.717, 1.165) is 5.56 Å². The number of hydrogen-bond donors (Lipinski definition) is 0. The summed E-state index contributed by atoms with van der Waals surface area (Å²) in [5.74, 6) is -0.630. The van der Waals surface area contributed by atoms with E-state index >= 15 is 0 Å². The topological polar surface area (TPSA) is 61.8 Å². The van der Waals surface area contributed by atoms with Gasteiger partial charge in [0.15, 0.2) is 5.79 Å². The highest BCUT2D eigenvalue weighted by Crippen LogP contribution is 2.30. The Kier molecular flexibility index (Phi) is 4.44. The zero-order chi connectivity index (χ0) is 15.7. The number of aryl methyl sites for hydroxylation is 1. The molecule has 0 bridgehead atoms. The maximum atomic E-state index is 12.2. The summed E-state index contributed by atoms with van der Waals surface area (Å²) in [5.41, 5.74) is 0.519. The summed E-state index contributed by atoms with van der Waals surface area (Å²) in [7, 11) is -3.75. The third-order valence-corrected chi connectivity index (χ3v) is 4.69. The number of benzene rings is 1. The third kappa shape index (κ3) is 4.26. The molecular weight excluding hydrogens is 292 g/mol. The summed E-state index contributed by atoms with van der Waals surface area (Å²) in [5, 5.41) is 0. The van der Waals surface area contributed by atoms with Gasteiger partial charge in [-0.25, -0.2) is 0 Å². The smallest absolute Gasteiger partial charge is 0.296 e. The van der Waals surface area contributed by atoms with Crippen LogP contribution in [0, 0.1) is 12.3 Å². The second-order valence-corrected chi connectivity index (χ2v) is 7.93. The van der Waals surface area contributed by atoms with Gasteiger partial charge in [-0.05, 0) is 32.9 Å². The van der Waals surface area contributed by atoms with Gasteiger partial charge < -0.3 is 9.47 Å². The maximum Gasteiger partial charge on any atom is 0.296 e. The van der Waals surface area contributed by atoms with Gasteiger partial charge in [0, 0.05) is 5.41 Å². The summed E-state index contributed by atoms with van der Waals surface area (Å²) in [4.78, 5) is 0.162. The summed E-state index contributed by atoms with van der Waals surface area (Å²) in [6, 6.07) is 6.58. The molecule has 0 unspecified atom stereocenters. The molecule has 0 amide bonds. The first-order valence-electron chi connectivity index (χ1n) is 6.86. The van der Waals surface area contributed by atoms with Crippen LogP contribution in [0.4, 0.5) is 0 Å². The lowest BCUT2D eigenvalue weighted by Gasteiger charge is -2.40. The molecule has 0 spiro atoms. The summed E-state index contributed by atoms with van der Waals surface area (Å²) in [6.45, 7) is 8.25. The second-order valence-electron chi connectivity index (χ2n) is 6.32. The van der Waals surface area contributed by atoms with Gasteiger partial charge in [-0.1, -0.05) is 24.6 Å². The van der Waals surface area contributed by atoms with E-state index in [2.05, 4.69) is 0 Å². The molecule has 1 aliphatic heterocycles. The van der Waals surface area contributed by atoms with Crippen molar-refractivity contribution in [3.8, 4) is 0 Å². The van der Waals surface area contributed by atoms with E-state index in [1.165, 1.54) is 0 Å². The molecular formula is C15H22O5S. The zero-order valence-corrected chi connectivity index (χ0v) is 13.7. The molecule has 0 saturated carbocycles. The molecule has 1 aliphatic rings. The lowest BCUT2D eigenvalue weighted by Crippen LogP contribution is -2.47. The van der Waals surface area contributed by atoms with Crippen molar-refractivity contribution in [1.82, 2.24) is 0 Å². The lowest BCUT2D eigenvalue weighted by molar-refractivity contribution is -0.285. The average molecular weight is 314 g/mol. The van der Waals surface area contributed by atoms with Crippen LogP contribution in [0.2, 0.25) is 0 Å². The molecule has 6 heteroatoms. The number of hydrogen-bond acceptors (Lipinski definition) is 5. The first kappa shape index (κ1) is 16.4. The minimum atomic E-state index is -3.75. The molecule has 0 aromatic heterocycles. The van der Waals surface area contributed by atoms with Gasteiger partial charge in [0.25, 0.3) is 10.1 Å². The molecule has 1 aromatic rings. The van der Waals surface area contributed by atoms with Gasteiger partial charge in [0.1, 0.15) is 0 Å². The normalized spacial score (nSPS) is 21.1. The molecule has 118 valence electrons. The van der Waals surface area contributed by atoms with E-state index < -0.39 is 21.3 Å². The largest absolute Gasteiger partial charge is 0.350 e. The molecule has 2 rings (SSSR count). The van der Waals surface area contributed by atoms with Crippen LogP contribution >= 0.6 is 0 Å². The predicted octanol–water partition coefficient (Wildman–Crippen LogP) is 2.49. The molecule has 0 radical (unpaired) electrons. The molecule has 1 fully saturated rings. The summed E-state index contributed by atoms with van der Waals surface area (Å²) in [6.07, 6.45) is 0. The highest BCUT2D eigenvalue weighted by Gasteiger charge is 2.38. The van der Waals surface area contributed by atoms with Crippen LogP contribution in [0.3, 0.4) is 0 Å². The Morgan fingerprint density at radius 3 is 2.14 bits per heavy atom. The quantitative estimate of drug-likeness (QED) is 0.799. The van der Waals surface area contributed by atoms with Gasteiger partial charge in [-0.2, -0.15) is 8.42 Å². The Morgan fingerprint density at radius 1 is 1.10 bits per heavy atom. The molecule has 0 N–H and O–H groups in total. The van der Waals surface area contributed by atoms with E-state index in [1.807, 2.05) is 27.7 Å². The fourth-order valence-corrected chi connectivity index (χ4v) is 2.90. The van der Waals surface area contributed by atoms with Crippen molar-refractivity contribution in [2.24, 2.45) is 5.41 Å². The van der Waals surface area contributed by atoms with E-state index in [0.29, 0.717) is 13.2 Å². The van der Waals surface area contributed by atoms with Gasteiger partial charge in [-0.3, -0.25) is 4.18 Å². The Balaban J connectivity index is 2.00. The van der Waals surface area contributed by atoms with Crippen molar-refractivity contribution >= 4 is 10.1 Å². The minimum absolute atomic E-state index is 0.0271. The molecule has 0 aliphatic carbocycles. The standard InChI is InChI=1S/C15H22O5S/c1-12-5-7-13(8-6-12)21(16,17)20-11-15(4)9-18-14(2,3)19-10-15/h5-8H,9-11H2,1-4H3. The van der Waals surface area contributed by atoms with Crippen LogP contribution in [0.5, 0.6) is 0 Å². The van der Waals surface area contributed by atoms with Crippen LogP contribution < -0.4 is 0 Å². The van der Waals surface area contributed by atoms with Crippen molar-refractivity contribution in [1.29, 1.82) is 0 Å². The molecule has 1 saturated heterocycles. The fraction of sp³-hybridized carbons (Fsp3) is 0.600. The van der Waals surface area contributed by atoms with Crippen molar-refractivity contribution in [3.63, 3.8) is 0 Å². The highest BCUT2D eigenvalue weighted by molar-refractivity contribution is 7.86. The number of ether oxygens (including phenoxy) is 2. The Hall–Kier alpha value is -0.950. The first-order valence-corrected chi connectivity index (χ1v) is 8.27. The van der Waals surface area contributed by atoms with Gasteiger partial charge in [-0.15, -0.1) is 0 Å². The van der Waals surface area contributed by atoms with Crippen LogP contribution in [0.15, 0.2) is 29.2 Å². The predicted molar refractivity (Wildman–Crippen MR) is 78.4 cm³/mol. The van der Waals surface area contributed by atoms with E-state index in [9.17, 15) is 8.42 Å².